The lowest BCUT2D eigenvalue weighted by atomic mass is 10.3. The zero-order valence-corrected chi connectivity index (χ0v) is 12.2. The van der Waals surface area contributed by atoms with Gasteiger partial charge in [-0.3, -0.25) is 9.59 Å². The van der Waals surface area contributed by atoms with Gasteiger partial charge in [0.2, 0.25) is 0 Å². The lowest BCUT2D eigenvalue weighted by molar-refractivity contribution is 0.111. The number of aryl methyl sites for hydroxylation is 2. The number of H-pyrrole nitrogens is 2. The topological polar surface area (TPSA) is 65.7 Å². The molecule has 2 N–H and O–H groups in total. The first kappa shape index (κ1) is 13.7. The Hall–Kier alpha value is -1.75. The first-order valence-corrected chi connectivity index (χ1v) is 6.77. The smallest absolute Gasteiger partial charge is 0.166 e. The number of hydrogen-bond acceptors (Lipinski definition) is 3. The Bertz CT molecular complexity index is 597. The minimum atomic E-state index is 0.612. The number of rotatable bonds is 4. The molecule has 0 aliphatic rings. The first-order chi connectivity index (χ1) is 8.99. The lowest BCUT2D eigenvalue weighted by Gasteiger charge is -2.03. The Labute approximate surface area is 116 Å². The van der Waals surface area contributed by atoms with Crippen LogP contribution >= 0.6 is 11.8 Å². The molecule has 0 amide bonds. The fraction of sp³-hybridized carbons (Fsp3) is 0.286. The molecule has 2 aromatic heterocycles. The molecule has 0 bridgehead atoms. The summed E-state index contributed by atoms with van der Waals surface area (Å²) in [4.78, 5) is 30.1. The van der Waals surface area contributed by atoms with Crippen molar-refractivity contribution in [3.05, 3.63) is 33.9 Å². The summed E-state index contributed by atoms with van der Waals surface area (Å²) < 4.78 is 0. The molecule has 5 heteroatoms. The van der Waals surface area contributed by atoms with Crippen LogP contribution < -0.4 is 0 Å². The van der Waals surface area contributed by atoms with Crippen LogP contribution in [0.25, 0.3) is 0 Å². The van der Waals surface area contributed by atoms with E-state index in [0.717, 1.165) is 44.9 Å². The maximum Gasteiger partial charge on any atom is 0.166 e. The van der Waals surface area contributed by atoms with Gasteiger partial charge in [-0.05, 0) is 38.8 Å². The van der Waals surface area contributed by atoms with E-state index in [1.54, 1.807) is 11.8 Å². The zero-order valence-electron chi connectivity index (χ0n) is 11.4. The molecule has 0 radical (unpaired) electrons. The summed E-state index contributed by atoms with van der Waals surface area (Å²) in [5, 5.41) is 0. The summed E-state index contributed by atoms with van der Waals surface area (Å²) in [6.07, 6.45) is 1.67. The van der Waals surface area contributed by atoms with Gasteiger partial charge in [0.05, 0.1) is 11.4 Å². The lowest BCUT2D eigenvalue weighted by Crippen LogP contribution is -1.83. The van der Waals surface area contributed by atoms with Crippen molar-refractivity contribution >= 4 is 24.3 Å². The zero-order chi connectivity index (χ0) is 14.2. The largest absolute Gasteiger partial charge is 0.355 e. The molecule has 2 rings (SSSR count). The van der Waals surface area contributed by atoms with Crippen LogP contribution in [0.3, 0.4) is 0 Å². The first-order valence-electron chi connectivity index (χ1n) is 5.96. The van der Waals surface area contributed by atoms with Crippen LogP contribution in [0.1, 0.15) is 43.5 Å². The van der Waals surface area contributed by atoms with Gasteiger partial charge in [0.15, 0.2) is 12.6 Å². The van der Waals surface area contributed by atoms with Crippen molar-refractivity contribution in [2.24, 2.45) is 0 Å². The Balaban J connectivity index is 2.47. The van der Waals surface area contributed by atoms with Crippen molar-refractivity contribution in [2.75, 3.05) is 0 Å². The minimum absolute atomic E-state index is 0.612. The summed E-state index contributed by atoms with van der Waals surface area (Å²) in [5.74, 6) is 0. The number of carbonyl (C=O) groups excluding carboxylic acids is 2. The maximum absolute atomic E-state index is 10.9. The van der Waals surface area contributed by atoms with E-state index in [1.165, 1.54) is 0 Å². The molecule has 2 heterocycles. The van der Waals surface area contributed by atoms with Gasteiger partial charge in [0.25, 0.3) is 0 Å². The van der Waals surface area contributed by atoms with E-state index in [4.69, 9.17) is 0 Å². The van der Waals surface area contributed by atoms with Crippen LogP contribution in [0.2, 0.25) is 0 Å². The monoisotopic (exact) mass is 276 g/mol. The second kappa shape index (κ2) is 5.09. The standard InChI is InChI=1S/C14H16N2O2S/c1-7-11(5-17)15-9(3)13(7)19-14-8(2)12(6-18)16-10(14)4/h5-6,15-16H,1-4H3. The molecule has 0 spiro atoms. The third-order valence-corrected chi connectivity index (χ3v) is 4.89. The molecule has 0 fully saturated rings. The van der Waals surface area contributed by atoms with E-state index >= 15 is 0 Å². The normalized spacial score (nSPS) is 10.7. The molecule has 19 heavy (non-hydrogen) atoms. The van der Waals surface area contributed by atoms with Gasteiger partial charge < -0.3 is 9.97 Å². The highest BCUT2D eigenvalue weighted by molar-refractivity contribution is 7.99. The quantitative estimate of drug-likeness (QED) is 0.842. The fourth-order valence-electron chi connectivity index (χ4n) is 2.16. The SMILES string of the molecule is Cc1[nH]c(C=O)c(C)c1Sc1c(C)[nH]c(C=O)c1C. The molecule has 0 aliphatic carbocycles. The summed E-state index contributed by atoms with van der Waals surface area (Å²) >= 11 is 1.59. The van der Waals surface area contributed by atoms with Crippen molar-refractivity contribution < 1.29 is 9.59 Å². The summed E-state index contributed by atoms with van der Waals surface area (Å²) in [5.41, 5.74) is 5.06. The van der Waals surface area contributed by atoms with Crippen molar-refractivity contribution in [1.29, 1.82) is 0 Å². The number of hydrogen-bond donors (Lipinski definition) is 2. The molecular formula is C14H16N2O2S. The predicted octanol–water partition coefficient (Wildman–Crippen LogP) is 3.35. The average molecular weight is 276 g/mol. The van der Waals surface area contributed by atoms with Crippen molar-refractivity contribution in [1.82, 2.24) is 9.97 Å². The van der Waals surface area contributed by atoms with Gasteiger partial charge in [-0.15, -0.1) is 0 Å². The number of carbonyl (C=O) groups is 2. The van der Waals surface area contributed by atoms with Gasteiger partial charge in [-0.2, -0.15) is 0 Å². The molecule has 0 saturated heterocycles. The predicted molar refractivity (Wildman–Crippen MR) is 75.4 cm³/mol. The highest BCUT2D eigenvalue weighted by Crippen LogP contribution is 2.38. The third-order valence-electron chi connectivity index (χ3n) is 3.25. The maximum atomic E-state index is 10.9. The molecule has 4 nitrogen and oxygen atoms in total. The molecule has 0 aromatic carbocycles. The second-order valence-corrected chi connectivity index (χ2v) is 5.59. The number of nitrogens with one attached hydrogen (secondary N) is 2. The van der Waals surface area contributed by atoms with Crippen LogP contribution in [-0.2, 0) is 0 Å². The highest BCUT2D eigenvalue weighted by Gasteiger charge is 2.17. The van der Waals surface area contributed by atoms with Crippen LogP contribution in [0.5, 0.6) is 0 Å². The number of aldehydes is 2. The van der Waals surface area contributed by atoms with Crippen LogP contribution in [0.4, 0.5) is 0 Å². The highest BCUT2D eigenvalue weighted by atomic mass is 32.2. The van der Waals surface area contributed by atoms with Crippen LogP contribution in [-0.4, -0.2) is 22.5 Å². The molecule has 100 valence electrons. The molecular weight excluding hydrogens is 260 g/mol. The van der Waals surface area contributed by atoms with Gasteiger partial charge in [-0.25, -0.2) is 0 Å². The van der Waals surface area contributed by atoms with Crippen molar-refractivity contribution in [2.45, 2.75) is 37.5 Å². The molecule has 0 atom stereocenters. The van der Waals surface area contributed by atoms with E-state index in [1.807, 2.05) is 27.7 Å². The Morgan fingerprint density at radius 2 is 1.16 bits per heavy atom. The fourth-order valence-corrected chi connectivity index (χ4v) is 3.29. The van der Waals surface area contributed by atoms with E-state index in [2.05, 4.69) is 9.97 Å². The van der Waals surface area contributed by atoms with Crippen molar-refractivity contribution in [3.63, 3.8) is 0 Å². The van der Waals surface area contributed by atoms with Gasteiger partial charge in [-0.1, -0.05) is 11.8 Å². The molecule has 2 aromatic rings. The van der Waals surface area contributed by atoms with Crippen LogP contribution in [0, 0.1) is 27.7 Å². The molecule has 0 unspecified atom stereocenters. The van der Waals surface area contributed by atoms with Gasteiger partial charge >= 0.3 is 0 Å². The summed E-state index contributed by atoms with van der Waals surface area (Å²) in [6.45, 7) is 7.74. The van der Waals surface area contributed by atoms with Gasteiger partial charge in [0, 0.05) is 21.2 Å². The minimum Gasteiger partial charge on any atom is -0.355 e. The number of aromatic nitrogens is 2. The van der Waals surface area contributed by atoms with Crippen LogP contribution in [0.15, 0.2) is 9.79 Å². The van der Waals surface area contributed by atoms with Gasteiger partial charge in [0.1, 0.15) is 0 Å². The third kappa shape index (κ3) is 2.26. The number of aromatic amines is 2. The van der Waals surface area contributed by atoms with Crippen molar-refractivity contribution in [3.8, 4) is 0 Å². The molecule has 0 saturated carbocycles. The molecule has 0 aliphatic heterocycles. The summed E-state index contributed by atoms with van der Waals surface area (Å²) in [7, 11) is 0. The Morgan fingerprint density at radius 3 is 1.42 bits per heavy atom. The van der Waals surface area contributed by atoms with E-state index in [-0.39, 0.29) is 0 Å². The Morgan fingerprint density at radius 1 is 0.789 bits per heavy atom. The average Bonchev–Trinajstić information content (AvgIpc) is 2.82. The summed E-state index contributed by atoms with van der Waals surface area (Å²) in [6, 6.07) is 0. The van der Waals surface area contributed by atoms with E-state index in [0.29, 0.717) is 11.4 Å². The Kier molecular flexibility index (Phi) is 3.66. The second-order valence-electron chi connectivity index (χ2n) is 4.57. The van der Waals surface area contributed by atoms with E-state index in [9.17, 15) is 9.59 Å². The van der Waals surface area contributed by atoms with E-state index < -0.39 is 0 Å².